The molecular weight excluding hydrogens is 260 g/mol. The van der Waals surface area contributed by atoms with Gasteiger partial charge < -0.3 is 5.73 Å². The summed E-state index contributed by atoms with van der Waals surface area (Å²) in [7, 11) is -3.55. The standard InChI is InChI=1S/C11H17ClN2O2S/c1-4-14(5-2)17(15,16)11-7-10(13)8(3)6-9(11)12/h6-7H,4-5,13H2,1-3H3. The molecule has 4 nitrogen and oxygen atoms in total. The molecule has 0 atom stereocenters. The van der Waals surface area contributed by atoms with Crippen LogP contribution in [0.1, 0.15) is 19.4 Å². The summed E-state index contributed by atoms with van der Waals surface area (Å²) in [5.74, 6) is 0. The highest BCUT2D eigenvalue weighted by atomic mass is 35.5. The van der Waals surface area contributed by atoms with E-state index in [1.54, 1.807) is 26.8 Å². The summed E-state index contributed by atoms with van der Waals surface area (Å²) in [4.78, 5) is 0.0750. The average Bonchev–Trinajstić information content (AvgIpc) is 2.24. The average molecular weight is 277 g/mol. The Hall–Kier alpha value is -0.780. The van der Waals surface area contributed by atoms with Crippen LogP contribution >= 0.6 is 11.6 Å². The molecule has 0 saturated carbocycles. The zero-order valence-electron chi connectivity index (χ0n) is 10.2. The van der Waals surface area contributed by atoms with E-state index in [0.29, 0.717) is 18.8 Å². The molecule has 0 bridgehead atoms. The summed E-state index contributed by atoms with van der Waals surface area (Å²) in [6, 6.07) is 3.00. The largest absolute Gasteiger partial charge is 0.398 e. The van der Waals surface area contributed by atoms with Gasteiger partial charge in [-0.2, -0.15) is 4.31 Å². The third kappa shape index (κ3) is 2.73. The van der Waals surface area contributed by atoms with E-state index in [2.05, 4.69) is 0 Å². The van der Waals surface area contributed by atoms with E-state index < -0.39 is 10.0 Å². The van der Waals surface area contributed by atoms with Crippen LogP contribution in [0, 0.1) is 6.92 Å². The van der Waals surface area contributed by atoms with Crippen molar-refractivity contribution in [3.8, 4) is 0 Å². The summed E-state index contributed by atoms with van der Waals surface area (Å²) < 4.78 is 25.9. The number of sulfonamides is 1. The maximum atomic E-state index is 12.3. The first-order valence-corrected chi connectivity index (χ1v) is 7.22. The van der Waals surface area contributed by atoms with Crippen molar-refractivity contribution in [3.05, 3.63) is 22.7 Å². The Morgan fingerprint density at radius 3 is 2.29 bits per heavy atom. The molecule has 0 unspecified atom stereocenters. The van der Waals surface area contributed by atoms with Crippen molar-refractivity contribution in [3.63, 3.8) is 0 Å². The second kappa shape index (κ2) is 5.25. The molecule has 1 aromatic carbocycles. The van der Waals surface area contributed by atoms with Crippen LogP contribution in [0.3, 0.4) is 0 Å². The first-order chi connectivity index (χ1) is 7.84. The summed E-state index contributed by atoms with van der Waals surface area (Å²) in [6.45, 7) is 6.17. The number of hydrogen-bond acceptors (Lipinski definition) is 3. The Bertz CT molecular complexity index is 510. The lowest BCUT2D eigenvalue weighted by molar-refractivity contribution is 0.445. The Labute approximate surface area is 107 Å². The molecule has 1 aromatic rings. The number of halogens is 1. The van der Waals surface area contributed by atoms with Gasteiger partial charge in [0.05, 0.1) is 5.02 Å². The van der Waals surface area contributed by atoms with Crippen molar-refractivity contribution in [2.75, 3.05) is 18.8 Å². The van der Waals surface area contributed by atoms with Crippen molar-refractivity contribution in [1.29, 1.82) is 0 Å². The number of nitrogen functional groups attached to an aromatic ring is 1. The van der Waals surface area contributed by atoms with E-state index in [1.807, 2.05) is 0 Å². The van der Waals surface area contributed by atoms with Gasteiger partial charge in [0.15, 0.2) is 0 Å². The topological polar surface area (TPSA) is 63.4 Å². The molecule has 0 spiro atoms. The van der Waals surface area contributed by atoms with Crippen molar-refractivity contribution in [2.45, 2.75) is 25.7 Å². The van der Waals surface area contributed by atoms with Gasteiger partial charge in [-0.05, 0) is 24.6 Å². The molecule has 0 saturated heterocycles. The van der Waals surface area contributed by atoms with Crippen molar-refractivity contribution < 1.29 is 8.42 Å². The van der Waals surface area contributed by atoms with Gasteiger partial charge >= 0.3 is 0 Å². The summed E-state index contributed by atoms with van der Waals surface area (Å²) in [6.07, 6.45) is 0. The van der Waals surface area contributed by atoms with E-state index in [-0.39, 0.29) is 9.92 Å². The van der Waals surface area contributed by atoms with Gasteiger partial charge in [0.1, 0.15) is 4.90 Å². The van der Waals surface area contributed by atoms with Gasteiger partial charge in [-0.15, -0.1) is 0 Å². The van der Waals surface area contributed by atoms with Gasteiger partial charge in [-0.25, -0.2) is 8.42 Å². The lowest BCUT2D eigenvalue weighted by Gasteiger charge is -2.19. The molecule has 17 heavy (non-hydrogen) atoms. The molecular formula is C11H17ClN2O2S. The molecule has 0 aromatic heterocycles. The molecule has 96 valence electrons. The first-order valence-electron chi connectivity index (χ1n) is 5.40. The maximum absolute atomic E-state index is 12.3. The summed E-state index contributed by atoms with van der Waals surface area (Å²) >= 11 is 5.98. The molecule has 1 rings (SSSR count). The number of anilines is 1. The van der Waals surface area contributed by atoms with Crippen LogP contribution in [0.2, 0.25) is 5.02 Å². The number of rotatable bonds is 4. The number of nitrogens with two attached hydrogens (primary N) is 1. The molecule has 0 fully saturated rings. The fourth-order valence-corrected chi connectivity index (χ4v) is 3.62. The maximum Gasteiger partial charge on any atom is 0.244 e. The minimum absolute atomic E-state index is 0.0750. The Kier molecular flexibility index (Phi) is 4.41. The van der Waals surface area contributed by atoms with Crippen LogP contribution in [-0.2, 0) is 10.0 Å². The Morgan fingerprint density at radius 1 is 1.29 bits per heavy atom. The smallest absolute Gasteiger partial charge is 0.244 e. The van der Waals surface area contributed by atoms with Gasteiger partial charge in [0, 0.05) is 18.8 Å². The van der Waals surface area contributed by atoms with E-state index in [1.165, 1.54) is 10.4 Å². The first kappa shape index (κ1) is 14.3. The predicted octanol–water partition coefficient (Wildman–Crippen LogP) is 2.26. The van der Waals surface area contributed by atoms with Crippen LogP contribution in [0.25, 0.3) is 0 Å². The fraction of sp³-hybridized carbons (Fsp3) is 0.455. The Morgan fingerprint density at radius 2 is 1.82 bits per heavy atom. The molecule has 6 heteroatoms. The lowest BCUT2D eigenvalue weighted by Crippen LogP contribution is -2.30. The number of aryl methyl sites for hydroxylation is 1. The zero-order chi connectivity index (χ0) is 13.2. The quantitative estimate of drug-likeness (QED) is 0.858. The highest BCUT2D eigenvalue weighted by Gasteiger charge is 2.24. The van der Waals surface area contributed by atoms with Gasteiger partial charge in [0.2, 0.25) is 10.0 Å². The number of nitrogens with zero attached hydrogens (tertiary/aromatic N) is 1. The van der Waals surface area contributed by atoms with E-state index >= 15 is 0 Å². The second-order valence-electron chi connectivity index (χ2n) is 3.73. The van der Waals surface area contributed by atoms with Crippen molar-refractivity contribution in [2.24, 2.45) is 0 Å². The minimum Gasteiger partial charge on any atom is -0.398 e. The van der Waals surface area contributed by atoms with Crippen LogP contribution in [-0.4, -0.2) is 25.8 Å². The van der Waals surface area contributed by atoms with Crippen LogP contribution in [0.5, 0.6) is 0 Å². The Balaban J connectivity index is 3.38. The van der Waals surface area contributed by atoms with Crippen molar-refractivity contribution in [1.82, 2.24) is 4.31 Å². The monoisotopic (exact) mass is 276 g/mol. The van der Waals surface area contributed by atoms with E-state index in [0.717, 1.165) is 5.56 Å². The fourth-order valence-electron chi connectivity index (χ4n) is 1.57. The number of benzene rings is 1. The SMILES string of the molecule is CCN(CC)S(=O)(=O)c1cc(N)c(C)cc1Cl. The highest BCUT2D eigenvalue weighted by Crippen LogP contribution is 2.28. The van der Waals surface area contributed by atoms with Crippen LogP contribution in [0.15, 0.2) is 17.0 Å². The molecule has 0 aliphatic heterocycles. The zero-order valence-corrected chi connectivity index (χ0v) is 11.8. The van der Waals surface area contributed by atoms with Crippen LogP contribution < -0.4 is 5.73 Å². The van der Waals surface area contributed by atoms with E-state index in [9.17, 15) is 8.42 Å². The third-order valence-corrected chi connectivity index (χ3v) is 5.16. The van der Waals surface area contributed by atoms with E-state index in [4.69, 9.17) is 17.3 Å². The van der Waals surface area contributed by atoms with Gasteiger partial charge in [0.25, 0.3) is 0 Å². The molecule has 0 amide bonds. The molecule has 2 N–H and O–H groups in total. The number of hydrogen-bond donors (Lipinski definition) is 1. The van der Waals surface area contributed by atoms with Crippen LogP contribution in [0.4, 0.5) is 5.69 Å². The minimum atomic E-state index is -3.55. The second-order valence-corrected chi connectivity index (χ2v) is 6.04. The lowest BCUT2D eigenvalue weighted by atomic mass is 10.2. The normalized spacial score (nSPS) is 12.1. The highest BCUT2D eigenvalue weighted by molar-refractivity contribution is 7.89. The summed E-state index contributed by atoms with van der Waals surface area (Å²) in [5.41, 5.74) is 6.93. The van der Waals surface area contributed by atoms with Gasteiger partial charge in [-0.3, -0.25) is 0 Å². The molecule has 0 aliphatic carbocycles. The van der Waals surface area contributed by atoms with Gasteiger partial charge in [-0.1, -0.05) is 25.4 Å². The third-order valence-electron chi connectivity index (χ3n) is 2.64. The molecule has 0 aliphatic rings. The summed E-state index contributed by atoms with van der Waals surface area (Å²) in [5, 5.41) is 0.212. The molecule has 0 radical (unpaired) electrons. The predicted molar refractivity (Wildman–Crippen MR) is 70.7 cm³/mol. The van der Waals surface area contributed by atoms with Crippen molar-refractivity contribution >= 4 is 27.3 Å². The molecule has 0 heterocycles.